The van der Waals surface area contributed by atoms with Crippen molar-refractivity contribution in [3.8, 4) is 17.4 Å². The molecule has 0 saturated heterocycles. The Morgan fingerprint density at radius 2 is 1.85 bits per heavy atom. The summed E-state index contributed by atoms with van der Waals surface area (Å²) in [6.07, 6.45) is 0.824. The highest BCUT2D eigenvalue weighted by atomic mass is 19.1. The van der Waals surface area contributed by atoms with Gasteiger partial charge in [0.15, 0.2) is 29.0 Å². The third-order valence-corrected chi connectivity index (χ3v) is 2.44. The van der Waals surface area contributed by atoms with Gasteiger partial charge in [-0.2, -0.15) is 4.98 Å². The fourth-order valence-electron chi connectivity index (χ4n) is 1.50. The Morgan fingerprint density at radius 3 is 2.55 bits per heavy atom. The van der Waals surface area contributed by atoms with Gasteiger partial charge in [-0.05, 0) is 18.6 Å². The number of benzene rings is 1. The highest BCUT2D eigenvalue weighted by Gasteiger charge is 2.14. The number of pyridine rings is 1. The number of ether oxygens (including phenoxy) is 2. The monoisotopic (exact) mass is 280 g/mol. The van der Waals surface area contributed by atoms with E-state index in [9.17, 15) is 8.78 Å². The molecule has 0 unspecified atom stereocenters. The van der Waals surface area contributed by atoms with Crippen molar-refractivity contribution in [2.75, 3.05) is 12.3 Å². The van der Waals surface area contributed by atoms with Crippen LogP contribution >= 0.6 is 0 Å². The minimum atomic E-state index is -0.929. The summed E-state index contributed by atoms with van der Waals surface area (Å²) in [4.78, 5) is 3.54. The number of aromatic nitrogens is 1. The fourth-order valence-corrected chi connectivity index (χ4v) is 1.50. The SMILES string of the molecule is CCCOc1ccccc1Oc1nc(N)c(F)cc1F. The molecule has 0 saturated carbocycles. The second-order valence-electron chi connectivity index (χ2n) is 4.04. The number of para-hydroxylation sites is 2. The summed E-state index contributed by atoms with van der Waals surface area (Å²) in [5, 5.41) is 0. The minimum Gasteiger partial charge on any atom is -0.490 e. The van der Waals surface area contributed by atoms with Crippen LogP contribution in [0, 0.1) is 11.6 Å². The summed E-state index contributed by atoms with van der Waals surface area (Å²) < 4.78 is 37.4. The van der Waals surface area contributed by atoms with Crippen molar-refractivity contribution in [3.05, 3.63) is 42.0 Å². The Balaban J connectivity index is 2.28. The Morgan fingerprint density at radius 1 is 1.15 bits per heavy atom. The molecule has 0 aliphatic carbocycles. The number of nitrogen functional groups attached to an aromatic ring is 1. The van der Waals surface area contributed by atoms with Crippen LogP contribution in [0.5, 0.6) is 17.4 Å². The molecule has 0 aliphatic heterocycles. The standard InChI is InChI=1S/C14H14F2N2O2/c1-2-7-19-11-5-3-4-6-12(11)20-14-10(16)8-9(15)13(17)18-14/h3-6,8H,2,7H2,1H3,(H2,17,18). The van der Waals surface area contributed by atoms with Gasteiger partial charge in [0.05, 0.1) is 6.61 Å². The maximum Gasteiger partial charge on any atom is 0.258 e. The Kier molecular flexibility index (Phi) is 4.34. The van der Waals surface area contributed by atoms with Crippen LogP contribution in [-0.2, 0) is 0 Å². The zero-order valence-electron chi connectivity index (χ0n) is 10.9. The van der Waals surface area contributed by atoms with Gasteiger partial charge in [0.2, 0.25) is 0 Å². The molecule has 0 bridgehead atoms. The molecule has 0 fully saturated rings. The minimum absolute atomic E-state index is 0.290. The molecule has 0 amide bonds. The highest BCUT2D eigenvalue weighted by Crippen LogP contribution is 2.32. The number of nitrogens with two attached hydrogens (primary N) is 1. The number of rotatable bonds is 5. The van der Waals surface area contributed by atoms with Gasteiger partial charge >= 0.3 is 0 Å². The van der Waals surface area contributed by atoms with Crippen molar-refractivity contribution in [1.82, 2.24) is 4.98 Å². The molecule has 0 radical (unpaired) electrons. The third-order valence-electron chi connectivity index (χ3n) is 2.44. The van der Waals surface area contributed by atoms with Crippen molar-refractivity contribution in [2.45, 2.75) is 13.3 Å². The van der Waals surface area contributed by atoms with Crippen molar-refractivity contribution in [1.29, 1.82) is 0 Å². The average Bonchev–Trinajstić information content (AvgIpc) is 2.44. The molecule has 1 aromatic carbocycles. The van der Waals surface area contributed by atoms with Gasteiger partial charge in [-0.1, -0.05) is 19.1 Å². The lowest BCUT2D eigenvalue weighted by atomic mass is 10.3. The summed E-state index contributed by atoms with van der Waals surface area (Å²) in [5.74, 6) is -1.92. The normalized spacial score (nSPS) is 10.3. The molecule has 0 aliphatic rings. The van der Waals surface area contributed by atoms with Crippen molar-refractivity contribution in [3.63, 3.8) is 0 Å². The van der Waals surface area contributed by atoms with Crippen LogP contribution in [0.4, 0.5) is 14.6 Å². The summed E-state index contributed by atoms with van der Waals surface area (Å²) in [5.41, 5.74) is 5.30. The molecule has 2 N–H and O–H groups in total. The molecule has 20 heavy (non-hydrogen) atoms. The first-order valence-corrected chi connectivity index (χ1v) is 6.13. The zero-order chi connectivity index (χ0) is 14.5. The van der Waals surface area contributed by atoms with Crippen molar-refractivity contribution in [2.24, 2.45) is 0 Å². The van der Waals surface area contributed by atoms with Crippen LogP contribution < -0.4 is 15.2 Å². The van der Waals surface area contributed by atoms with E-state index in [0.717, 1.165) is 6.42 Å². The zero-order valence-corrected chi connectivity index (χ0v) is 10.9. The Hall–Kier alpha value is -2.37. The second-order valence-corrected chi connectivity index (χ2v) is 4.04. The number of hydrogen-bond donors (Lipinski definition) is 1. The van der Waals surface area contributed by atoms with Crippen LogP contribution in [0.25, 0.3) is 0 Å². The highest BCUT2D eigenvalue weighted by molar-refractivity contribution is 5.43. The second kappa shape index (κ2) is 6.18. The van der Waals surface area contributed by atoms with E-state index < -0.39 is 23.3 Å². The van der Waals surface area contributed by atoms with Crippen LogP contribution in [-0.4, -0.2) is 11.6 Å². The molecular formula is C14H14F2N2O2. The van der Waals surface area contributed by atoms with Crippen LogP contribution in [0.1, 0.15) is 13.3 Å². The van der Waals surface area contributed by atoms with E-state index >= 15 is 0 Å². The van der Waals surface area contributed by atoms with E-state index in [1.807, 2.05) is 6.92 Å². The maximum absolute atomic E-state index is 13.6. The molecule has 1 aromatic heterocycles. The average molecular weight is 280 g/mol. The Bertz CT molecular complexity index is 606. The van der Waals surface area contributed by atoms with E-state index in [4.69, 9.17) is 15.2 Å². The van der Waals surface area contributed by atoms with E-state index in [-0.39, 0.29) is 0 Å². The smallest absolute Gasteiger partial charge is 0.258 e. The van der Waals surface area contributed by atoms with E-state index in [2.05, 4.69) is 4.98 Å². The molecule has 6 heteroatoms. The van der Waals surface area contributed by atoms with Crippen molar-refractivity contribution < 1.29 is 18.3 Å². The van der Waals surface area contributed by atoms with Crippen LogP contribution in [0.2, 0.25) is 0 Å². The first-order chi connectivity index (χ1) is 9.61. The van der Waals surface area contributed by atoms with E-state index in [1.54, 1.807) is 24.3 Å². The lowest BCUT2D eigenvalue weighted by Crippen LogP contribution is -2.02. The van der Waals surface area contributed by atoms with Gasteiger partial charge < -0.3 is 15.2 Å². The molecule has 2 rings (SSSR count). The number of anilines is 1. The lowest BCUT2D eigenvalue weighted by Gasteiger charge is -2.12. The first kappa shape index (κ1) is 14.0. The third kappa shape index (κ3) is 3.14. The van der Waals surface area contributed by atoms with Gasteiger partial charge in [0, 0.05) is 6.07 Å². The van der Waals surface area contributed by atoms with Crippen LogP contribution in [0.15, 0.2) is 30.3 Å². The maximum atomic E-state index is 13.6. The molecule has 0 spiro atoms. The fraction of sp³-hybridized carbons (Fsp3) is 0.214. The number of halogens is 2. The predicted octanol–water partition coefficient (Wildman–Crippen LogP) is 3.52. The van der Waals surface area contributed by atoms with Gasteiger partial charge in [-0.3, -0.25) is 0 Å². The van der Waals surface area contributed by atoms with Gasteiger partial charge in [-0.25, -0.2) is 8.78 Å². The quantitative estimate of drug-likeness (QED) is 0.910. The van der Waals surface area contributed by atoms with Gasteiger partial charge in [-0.15, -0.1) is 0 Å². The lowest BCUT2D eigenvalue weighted by molar-refractivity contribution is 0.298. The molecular weight excluding hydrogens is 266 g/mol. The summed E-state index contributed by atoms with van der Waals surface area (Å²) >= 11 is 0. The molecule has 4 nitrogen and oxygen atoms in total. The van der Waals surface area contributed by atoms with Crippen LogP contribution in [0.3, 0.4) is 0 Å². The van der Waals surface area contributed by atoms with E-state index in [1.165, 1.54) is 0 Å². The summed E-state index contributed by atoms with van der Waals surface area (Å²) in [7, 11) is 0. The molecule has 2 aromatic rings. The topological polar surface area (TPSA) is 57.4 Å². The first-order valence-electron chi connectivity index (χ1n) is 6.13. The van der Waals surface area contributed by atoms with Gasteiger partial charge in [0.1, 0.15) is 0 Å². The number of nitrogens with zero attached hydrogens (tertiary/aromatic N) is 1. The largest absolute Gasteiger partial charge is 0.490 e. The molecule has 0 atom stereocenters. The van der Waals surface area contributed by atoms with Crippen molar-refractivity contribution >= 4 is 5.82 Å². The summed E-state index contributed by atoms with van der Waals surface area (Å²) in [6.45, 7) is 2.47. The molecule has 1 heterocycles. The van der Waals surface area contributed by atoms with E-state index in [0.29, 0.717) is 24.2 Å². The van der Waals surface area contributed by atoms with Gasteiger partial charge in [0.25, 0.3) is 5.88 Å². The number of hydrogen-bond acceptors (Lipinski definition) is 4. The summed E-state index contributed by atoms with van der Waals surface area (Å²) in [6, 6.07) is 7.40. The molecule has 106 valence electrons. The Labute approximate surface area is 115 Å². The predicted molar refractivity (Wildman–Crippen MR) is 70.9 cm³/mol.